The van der Waals surface area contributed by atoms with Gasteiger partial charge in [-0.3, -0.25) is 24.1 Å². The summed E-state index contributed by atoms with van der Waals surface area (Å²) in [6.45, 7) is 7.65. The number of nitrogens with zero attached hydrogens (tertiary/aromatic N) is 1. The number of carbonyl (C=O) groups is 4. The zero-order valence-electron chi connectivity index (χ0n) is 25.1. The fraction of sp³-hybridized carbons (Fsp3) is 0.484. The molecule has 2 saturated heterocycles. The second-order valence-electron chi connectivity index (χ2n) is 10.8. The standard InChI is InChI=1S/C23H31FN4O6.C8H10O.3H2/c1-15(26-20(30)13-28-6-8-33-9-7-28)22(32)25-12-19(29)27-18(21(31)23(2)14-34-23)11-16-4-3-5-17(24)10-16;1-7-3-5-8(9-2)6-4-7;;;/h3-5,10,15,18H,6-9,11-14H2,1-2H3,(H,25,32)(H,26,30)(H,27,29);3-6H,1-2H3;3*1H/t15-,18-,23+;;;;/m0..../s1. The van der Waals surface area contributed by atoms with E-state index in [9.17, 15) is 23.6 Å². The van der Waals surface area contributed by atoms with E-state index in [0.717, 1.165) is 5.75 Å². The predicted octanol–water partition coefficient (Wildman–Crippen LogP) is 1.91. The Bertz CT molecular complexity index is 1260. The van der Waals surface area contributed by atoms with Gasteiger partial charge in [0, 0.05) is 17.4 Å². The number of carbonyl (C=O) groups excluding carboxylic acids is 4. The predicted molar refractivity (Wildman–Crippen MR) is 163 cm³/mol. The molecular formula is C31H47FN4O7. The minimum Gasteiger partial charge on any atom is -0.497 e. The minimum absolute atomic E-state index is 0. The van der Waals surface area contributed by atoms with E-state index < -0.39 is 35.3 Å². The van der Waals surface area contributed by atoms with Crippen LogP contribution in [0.25, 0.3) is 0 Å². The van der Waals surface area contributed by atoms with Gasteiger partial charge in [-0.15, -0.1) is 0 Å². The van der Waals surface area contributed by atoms with E-state index in [-0.39, 0.29) is 42.1 Å². The van der Waals surface area contributed by atoms with Crippen LogP contribution in [0.5, 0.6) is 5.75 Å². The van der Waals surface area contributed by atoms with Crippen molar-refractivity contribution in [1.29, 1.82) is 0 Å². The Kier molecular flexibility index (Phi) is 12.6. The van der Waals surface area contributed by atoms with Crippen molar-refractivity contribution in [1.82, 2.24) is 20.9 Å². The van der Waals surface area contributed by atoms with Crippen molar-refractivity contribution in [2.24, 2.45) is 0 Å². The largest absolute Gasteiger partial charge is 0.497 e. The average Bonchev–Trinajstić information content (AvgIpc) is 3.74. The molecule has 2 aromatic rings. The number of hydrogen-bond acceptors (Lipinski definition) is 8. The molecule has 0 aliphatic carbocycles. The van der Waals surface area contributed by atoms with Crippen LogP contribution in [0.15, 0.2) is 48.5 Å². The maximum Gasteiger partial charge on any atom is 0.242 e. The number of morpholine rings is 1. The van der Waals surface area contributed by atoms with Gasteiger partial charge in [0.1, 0.15) is 23.2 Å². The van der Waals surface area contributed by atoms with Crippen molar-refractivity contribution in [3.8, 4) is 5.75 Å². The number of ether oxygens (including phenoxy) is 3. The van der Waals surface area contributed by atoms with Gasteiger partial charge in [-0.05, 0) is 57.0 Å². The number of aryl methyl sites for hydroxylation is 1. The van der Waals surface area contributed by atoms with Crippen LogP contribution in [0.3, 0.4) is 0 Å². The van der Waals surface area contributed by atoms with E-state index in [1.165, 1.54) is 30.7 Å². The summed E-state index contributed by atoms with van der Waals surface area (Å²) in [6, 6.07) is 12.0. The summed E-state index contributed by atoms with van der Waals surface area (Å²) < 4.78 is 29.0. The third-order valence-corrected chi connectivity index (χ3v) is 7.00. The molecule has 3 N–H and O–H groups in total. The number of amides is 3. The first-order valence-electron chi connectivity index (χ1n) is 14.2. The van der Waals surface area contributed by atoms with Crippen molar-refractivity contribution in [2.45, 2.75) is 44.9 Å². The first-order valence-corrected chi connectivity index (χ1v) is 14.2. The zero-order chi connectivity index (χ0) is 31.4. The number of halogens is 1. The molecule has 2 aromatic carbocycles. The molecule has 12 heteroatoms. The van der Waals surface area contributed by atoms with Gasteiger partial charge in [-0.1, -0.05) is 29.8 Å². The van der Waals surface area contributed by atoms with Gasteiger partial charge in [0.15, 0.2) is 5.78 Å². The van der Waals surface area contributed by atoms with Gasteiger partial charge in [0.2, 0.25) is 17.7 Å². The zero-order valence-corrected chi connectivity index (χ0v) is 25.1. The highest BCUT2D eigenvalue weighted by Gasteiger charge is 2.50. The second-order valence-corrected chi connectivity index (χ2v) is 10.8. The molecule has 2 aliphatic rings. The first kappa shape index (κ1) is 33.6. The van der Waals surface area contributed by atoms with Crippen LogP contribution in [0.4, 0.5) is 4.39 Å². The van der Waals surface area contributed by atoms with E-state index in [4.69, 9.17) is 14.2 Å². The average molecular weight is 607 g/mol. The highest BCUT2D eigenvalue weighted by Crippen LogP contribution is 2.29. The molecule has 11 nitrogen and oxygen atoms in total. The van der Waals surface area contributed by atoms with Gasteiger partial charge < -0.3 is 30.2 Å². The number of methoxy groups -OCH3 is 1. The molecule has 2 heterocycles. The monoisotopic (exact) mass is 606 g/mol. The Morgan fingerprint density at radius 2 is 1.74 bits per heavy atom. The van der Waals surface area contributed by atoms with Crippen LogP contribution in [-0.4, -0.2) is 99.2 Å². The normalized spacial score (nSPS) is 19.1. The summed E-state index contributed by atoms with van der Waals surface area (Å²) in [4.78, 5) is 51.7. The van der Waals surface area contributed by atoms with Crippen molar-refractivity contribution < 1.29 is 42.1 Å². The summed E-state index contributed by atoms with van der Waals surface area (Å²) in [6.07, 6.45) is 0.0865. The van der Waals surface area contributed by atoms with Crippen LogP contribution in [-0.2, 0) is 35.1 Å². The van der Waals surface area contributed by atoms with Gasteiger partial charge in [0.25, 0.3) is 0 Å². The Morgan fingerprint density at radius 3 is 2.35 bits per heavy atom. The lowest BCUT2D eigenvalue weighted by Crippen LogP contribution is -2.53. The number of Topliss-reactive ketones (excluding diaryl/α,β-unsaturated/α-hetero) is 1. The van der Waals surface area contributed by atoms with E-state index in [1.54, 1.807) is 20.1 Å². The minimum atomic E-state index is -0.978. The molecule has 3 atom stereocenters. The fourth-order valence-corrected chi connectivity index (χ4v) is 4.28. The van der Waals surface area contributed by atoms with Crippen molar-refractivity contribution >= 4 is 23.5 Å². The summed E-state index contributed by atoms with van der Waals surface area (Å²) in [5, 5.41) is 7.67. The highest BCUT2D eigenvalue weighted by molar-refractivity contribution is 5.97. The lowest BCUT2D eigenvalue weighted by molar-refractivity contribution is -0.132. The number of ketones is 1. The van der Waals surface area contributed by atoms with Crippen molar-refractivity contribution in [3.05, 3.63) is 65.5 Å². The Balaban J connectivity index is 0.00000146. The maximum atomic E-state index is 13.6. The smallest absolute Gasteiger partial charge is 0.242 e. The Hall–Kier alpha value is -3.87. The van der Waals surface area contributed by atoms with Gasteiger partial charge in [0.05, 0.1) is 46.1 Å². The van der Waals surface area contributed by atoms with Gasteiger partial charge in [-0.25, -0.2) is 4.39 Å². The Morgan fingerprint density at radius 1 is 1.07 bits per heavy atom. The molecule has 4 rings (SSSR count). The maximum absolute atomic E-state index is 13.6. The summed E-state index contributed by atoms with van der Waals surface area (Å²) in [7, 11) is 1.67. The van der Waals surface area contributed by atoms with Crippen molar-refractivity contribution in [3.63, 3.8) is 0 Å². The van der Waals surface area contributed by atoms with Gasteiger partial charge in [-0.2, -0.15) is 0 Å². The Labute approximate surface area is 255 Å². The number of rotatable bonds is 12. The number of hydrogen-bond donors (Lipinski definition) is 3. The molecule has 240 valence electrons. The van der Waals surface area contributed by atoms with Crippen LogP contribution in [0.1, 0.15) is 29.3 Å². The molecule has 2 aliphatic heterocycles. The van der Waals surface area contributed by atoms with Crippen LogP contribution >= 0.6 is 0 Å². The molecule has 0 aromatic heterocycles. The molecule has 2 fully saturated rings. The third kappa shape index (κ3) is 11.4. The fourth-order valence-electron chi connectivity index (χ4n) is 4.28. The van der Waals surface area contributed by atoms with Crippen LogP contribution in [0.2, 0.25) is 0 Å². The quantitative estimate of drug-likeness (QED) is 0.312. The number of benzene rings is 2. The third-order valence-electron chi connectivity index (χ3n) is 7.00. The lowest BCUT2D eigenvalue weighted by Gasteiger charge is -2.26. The summed E-state index contributed by atoms with van der Waals surface area (Å²) >= 11 is 0. The molecule has 0 spiro atoms. The van der Waals surface area contributed by atoms with Crippen LogP contribution in [0, 0.1) is 12.7 Å². The molecule has 0 unspecified atom stereocenters. The van der Waals surface area contributed by atoms with E-state index in [0.29, 0.717) is 31.9 Å². The lowest BCUT2D eigenvalue weighted by atomic mass is 9.95. The van der Waals surface area contributed by atoms with E-state index in [2.05, 4.69) is 22.9 Å². The van der Waals surface area contributed by atoms with Gasteiger partial charge >= 0.3 is 0 Å². The van der Waals surface area contributed by atoms with Crippen LogP contribution < -0.4 is 20.7 Å². The second kappa shape index (κ2) is 16.1. The SMILES string of the molecule is COc1ccc(C)cc1.C[C@H](NC(=O)CN1CCOCC1)C(=O)NCC(=O)N[C@@H](Cc1cccc(F)c1)C(=O)[C@@]1(C)CO1.[HH].[HH].[HH]. The summed E-state index contributed by atoms with van der Waals surface area (Å²) in [5.41, 5.74) is 0.827. The molecule has 0 saturated carbocycles. The molecule has 43 heavy (non-hydrogen) atoms. The van der Waals surface area contributed by atoms with Crippen molar-refractivity contribution in [2.75, 3.05) is 53.1 Å². The van der Waals surface area contributed by atoms with E-state index >= 15 is 0 Å². The molecule has 0 bridgehead atoms. The number of nitrogens with one attached hydrogen (secondary N) is 3. The molecule has 0 radical (unpaired) electrons. The molecule has 3 amide bonds. The highest BCUT2D eigenvalue weighted by atomic mass is 19.1. The number of epoxide rings is 1. The first-order chi connectivity index (χ1) is 20.5. The van der Waals surface area contributed by atoms with E-state index in [1.807, 2.05) is 29.2 Å². The topological polar surface area (TPSA) is 139 Å². The summed E-state index contributed by atoms with van der Waals surface area (Å²) in [5.74, 6) is -1.26. The molecular weight excluding hydrogens is 559 g/mol.